The fourth-order valence-electron chi connectivity index (χ4n) is 3.10. The van der Waals surface area contributed by atoms with E-state index in [9.17, 15) is 19.2 Å². The summed E-state index contributed by atoms with van der Waals surface area (Å²) in [7, 11) is 5.45. The molecule has 0 aromatic rings. The third-order valence-corrected chi connectivity index (χ3v) is 5.14. The second-order valence-electron chi connectivity index (χ2n) is 7.40. The minimum absolute atomic E-state index is 0.271. The molecule has 0 aromatic heterocycles. The van der Waals surface area contributed by atoms with Gasteiger partial charge in [0.15, 0.2) is 0 Å². The molecule has 0 radical (unpaired) electrons. The van der Waals surface area contributed by atoms with E-state index in [4.69, 9.17) is 18.9 Å². The van der Waals surface area contributed by atoms with Gasteiger partial charge >= 0.3 is 23.9 Å². The van der Waals surface area contributed by atoms with Crippen LogP contribution in [-0.2, 0) is 38.1 Å². The molecular formula is C22H40N2O8. The first-order valence-corrected chi connectivity index (χ1v) is 11.1. The van der Waals surface area contributed by atoms with Crippen LogP contribution in [0.25, 0.3) is 0 Å². The van der Waals surface area contributed by atoms with Crippen LogP contribution >= 0.6 is 0 Å². The second kappa shape index (κ2) is 19.5. The standard InChI is InChI=1S/C22H40N2O8/c1-29-19(25)9-15-23(16-10-20(26)30-2)13-7-5-6-8-14-24(17-11-21(27)31-3)18-12-22(28)32-4/h5-18H2,1-4H3. The van der Waals surface area contributed by atoms with Gasteiger partial charge in [0.25, 0.3) is 0 Å². The Morgan fingerprint density at radius 3 is 0.906 bits per heavy atom. The molecule has 0 rings (SSSR count). The van der Waals surface area contributed by atoms with Crippen LogP contribution in [0.5, 0.6) is 0 Å². The number of nitrogens with zero attached hydrogens (tertiary/aromatic N) is 2. The number of carbonyl (C=O) groups excluding carboxylic acids is 4. The first kappa shape index (κ1) is 29.8. The molecule has 0 saturated carbocycles. The van der Waals surface area contributed by atoms with E-state index in [2.05, 4.69) is 9.80 Å². The van der Waals surface area contributed by atoms with E-state index in [0.717, 1.165) is 38.8 Å². The van der Waals surface area contributed by atoms with Crippen LogP contribution in [0, 0.1) is 0 Å². The lowest BCUT2D eigenvalue weighted by atomic mass is 10.1. The first-order valence-electron chi connectivity index (χ1n) is 11.1. The molecule has 0 aliphatic heterocycles. The van der Waals surface area contributed by atoms with Crippen molar-refractivity contribution >= 4 is 23.9 Å². The molecule has 0 bridgehead atoms. The summed E-state index contributed by atoms with van der Waals surface area (Å²) in [5.74, 6) is -1.08. The summed E-state index contributed by atoms with van der Waals surface area (Å²) in [6, 6.07) is 0. The highest BCUT2D eigenvalue weighted by Crippen LogP contribution is 2.07. The quantitative estimate of drug-likeness (QED) is 0.159. The van der Waals surface area contributed by atoms with Crippen molar-refractivity contribution in [2.75, 3.05) is 67.7 Å². The molecule has 0 unspecified atom stereocenters. The van der Waals surface area contributed by atoms with Crippen LogP contribution in [0.1, 0.15) is 51.4 Å². The number of methoxy groups -OCH3 is 4. The summed E-state index contributed by atoms with van der Waals surface area (Å²) in [5.41, 5.74) is 0. The number of ether oxygens (including phenoxy) is 4. The fraction of sp³-hybridized carbons (Fsp3) is 0.818. The Bertz CT molecular complexity index is 468. The van der Waals surface area contributed by atoms with Crippen molar-refractivity contribution in [3.63, 3.8) is 0 Å². The lowest BCUT2D eigenvalue weighted by Gasteiger charge is -2.22. The Kier molecular flexibility index (Phi) is 18.1. The highest BCUT2D eigenvalue weighted by Gasteiger charge is 2.13. The van der Waals surface area contributed by atoms with Gasteiger partial charge in [-0.25, -0.2) is 0 Å². The molecule has 186 valence electrons. The number of hydrogen-bond donors (Lipinski definition) is 0. The molecule has 0 aliphatic rings. The molecule has 0 fully saturated rings. The Morgan fingerprint density at radius 1 is 0.438 bits per heavy atom. The van der Waals surface area contributed by atoms with Crippen molar-refractivity contribution in [2.24, 2.45) is 0 Å². The van der Waals surface area contributed by atoms with Crippen molar-refractivity contribution in [3.05, 3.63) is 0 Å². The summed E-state index contributed by atoms with van der Waals surface area (Å²) in [4.78, 5) is 49.8. The maximum atomic E-state index is 11.4. The van der Waals surface area contributed by atoms with Gasteiger partial charge in [0.05, 0.1) is 54.1 Å². The Balaban J connectivity index is 4.31. The lowest BCUT2D eigenvalue weighted by molar-refractivity contribution is -0.142. The molecule has 0 saturated heterocycles. The SMILES string of the molecule is COC(=O)CCN(CCCCCCN(CCC(=O)OC)CCC(=O)OC)CCC(=O)OC. The topological polar surface area (TPSA) is 112 Å². The predicted octanol–water partition coefficient (Wildman–Crippen LogP) is 1.40. The van der Waals surface area contributed by atoms with Gasteiger partial charge in [0, 0.05) is 26.2 Å². The maximum Gasteiger partial charge on any atom is 0.306 e. The van der Waals surface area contributed by atoms with Gasteiger partial charge in [-0.2, -0.15) is 0 Å². The van der Waals surface area contributed by atoms with Gasteiger partial charge in [0.2, 0.25) is 0 Å². The molecule has 0 aromatic carbocycles. The number of unbranched alkanes of at least 4 members (excludes halogenated alkanes) is 3. The summed E-state index contributed by atoms with van der Waals surface area (Å²) in [6.45, 7) is 3.72. The van der Waals surface area contributed by atoms with E-state index < -0.39 is 0 Å². The zero-order valence-corrected chi connectivity index (χ0v) is 20.1. The van der Waals surface area contributed by atoms with Gasteiger partial charge in [-0.05, 0) is 25.9 Å². The third-order valence-electron chi connectivity index (χ3n) is 5.14. The minimum atomic E-state index is -0.271. The normalized spacial score (nSPS) is 10.8. The Morgan fingerprint density at radius 2 is 0.688 bits per heavy atom. The smallest absolute Gasteiger partial charge is 0.306 e. The van der Waals surface area contributed by atoms with Crippen molar-refractivity contribution in [3.8, 4) is 0 Å². The van der Waals surface area contributed by atoms with Gasteiger partial charge in [-0.1, -0.05) is 12.8 Å². The second-order valence-corrected chi connectivity index (χ2v) is 7.40. The molecule has 0 heterocycles. The summed E-state index contributed by atoms with van der Waals surface area (Å²) >= 11 is 0. The molecule has 0 N–H and O–H groups in total. The molecule has 0 aliphatic carbocycles. The van der Waals surface area contributed by atoms with Crippen LogP contribution < -0.4 is 0 Å². The lowest BCUT2D eigenvalue weighted by Crippen LogP contribution is -2.31. The highest BCUT2D eigenvalue weighted by atomic mass is 16.5. The van der Waals surface area contributed by atoms with Crippen LogP contribution in [0.15, 0.2) is 0 Å². The van der Waals surface area contributed by atoms with Crippen LogP contribution in [0.4, 0.5) is 0 Å². The fourth-order valence-corrected chi connectivity index (χ4v) is 3.10. The monoisotopic (exact) mass is 460 g/mol. The Hall–Kier alpha value is -2.20. The first-order chi connectivity index (χ1) is 15.4. The van der Waals surface area contributed by atoms with E-state index in [1.54, 1.807) is 0 Å². The van der Waals surface area contributed by atoms with Crippen molar-refractivity contribution in [1.29, 1.82) is 0 Å². The third kappa shape index (κ3) is 16.5. The molecule has 0 amide bonds. The van der Waals surface area contributed by atoms with Gasteiger partial charge in [0.1, 0.15) is 0 Å². The van der Waals surface area contributed by atoms with Crippen molar-refractivity contribution in [2.45, 2.75) is 51.4 Å². The van der Waals surface area contributed by atoms with E-state index >= 15 is 0 Å². The van der Waals surface area contributed by atoms with Gasteiger partial charge < -0.3 is 28.7 Å². The average molecular weight is 461 g/mol. The number of esters is 4. The Labute approximate surface area is 191 Å². The van der Waals surface area contributed by atoms with Crippen LogP contribution in [0.3, 0.4) is 0 Å². The number of carbonyl (C=O) groups is 4. The molecule has 32 heavy (non-hydrogen) atoms. The molecular weight excluding hydrogens is 420 g/mol. The van der Waals surface area contributed by atoms with Crippen LogP contribution in [-0.4, -0.2) is 101 Å². The van der Waals surface area contributed by atoms with E-state index in [1.807, 2.05) is 0 Å². The summed E-state index contributed by atoms with van der Waals surface area (Å²) in [6.07, 6.45) is 5.00. The zero-order valence-electron chi connectivity index (χ0n) is 20.1. The van der Waals surface area contributed by atoms with Crippen molar-refractivity contribution < 1.29 is 38.1 Å². The van der Waals surface area contributed by atoms with Gasteiger partial charge in [-0.3, -0.25) is 19.2 Å². The number of rotatable bonds is 19. The minimum Gasteiger partial charge on any atom is -0.469 e. The largest absolute Gasteiger partial charge is 0.469 e. The number of hydrogen-bond acceptors (Lipinski definition) is 10. The zero-order chi connectivity index (χ0) is 24.2. The van der Waals surface area contributed by atoms with E-state index in [0.29, 0.717) is 26.2 Å². The molecule has 0 spiro atoms. The van der Waals surface area contributed by atoms with Crippen LogP contribution in [0.2, 0.25) is 0 Å². The maximum absolute atomic E-state index is 11.4. The van der Waals surface area contributed by atoms with Crippen molar-refractivity contribution in [1.82, 2.24) is 9.80 Å². The molecule has 10 heteroatoms. The van der Waals surface area contributed by atoms with E-state index in [1.165, 1.54) is 28.4 Å². The predicted molar refractivity (Wildman–Crippen MR) is 118 cm³/mol. The summed E-state index contributed by atoms with van der Waals surface area (Å²) in [5, 5.41) is 0. The van der Waals surface area contributed by atoms with E-state index in [-0.39, 0.29) is 49.6 Å². The molecule has 0 atom stereocenters. The highest BCUT2D eigenvalue weighted by molar-refractivity contribution is 5.70. The average Bonchev–Trinajstić information content (AvgIpc) is 2.82. The molecule has 10 nitrogen and oxygen atoms in total. The van der Waals surface area contributed by atoms with Gasteiger partial charge in [-0.15, -0.1) is 0 Å². The summed E-state index contributed by atoms with van der Waals surface area (Å²) < 4.78 is 18.8.